The molecular weight excluding hydrogens is 324 g/mol. The number of rotatable bonds is 7. The van der Waals surface area contributed by atoms with E-state index in [4.69, 9.17) is 9.47 Å². The number of nitrogens with one attached hydrogen (secondary N) is 2. The highest BCUT2D eigenvalue weighted by Crippen LogP contribution is 2.30. The molecule has 0 radical (unpaired) electrons. The van der Waals surface area contributed by atoms with Crippen LogP contribution in [0.4, 0.5) is 10.5 Å². The van der Waals surface area contributed by atoms with Crippen LogP contribution in [-0.4, -0.2) is 33.1 Å². The molecule has 0 bridgehead atoms. The summed E-state index contributed by atoms with van der Waals surface area (Å²) in [4.78, 5) is 13.1. The Labute approximate surface area is 146 Å². The van der Waals surface area contributed by atoms with E-state index in [1.54, 1.807) is 26.0 Å². The topological polar surface area (TPSA) is 59.6 Å². The molecular formula is C18H22N2O3S. The second kappa shape index (κ2) is 9.08. The van der Waals surface area contributed by atoms with E-state index in [2.05, 4.69) is 10.6 Å². The molecule has 2 N–H and O–H groups in total. The van der Waals surface area contributed by atoms with Crippen LogP contribution in [-0.2, 0) is 6.42 Å². The maximum atomic E-state index is 12.1. The molecule has 0 atom stereocenters. The number of hydrogen-bond donors (Lipinski definition) is 2. The van der Waals surface area contributed by atoms with Gasteiger partial charge in [-0.15, -0.1) is 11.8 Å². The zero-order valence-corrected chi connectivity index (χ0v) is 14.9. The minimum absolute atomic E-state index is 0.224. The lowest BCUT2D eigenvalue weighted by molar-refractivity contribution is 0.252. The molecule has 0 aliphatic heterocycles. The number of methoxy groups -OCH3 is 2. The molecule has 0 saturated heterocycles. The van der Waals surface area contributed by atoms with Gasteiger partial charge in [0.2, 0.25) is 0 Å². The number of benzene rings is 2. The lowest BCUT2D eigenvalue weighted by Crippen LogP contribution is -2.30. The Morgan fingerprint density at radius 1 is 1.08 bits per heavy atom. The summed E-state index contributed by atoms with van der Waals surface area (Å²) in [5.41, 5.74) is 1.79. The fourth-order valence-electron chi connectivity index (χ4n) is 2.38. The summed E-state index contributed by atoms with van der Waals surface area (Å²) in [5.74, 6) is 1.39. The van der Waals surface area contributed by atoms with E-state index < -0.39 is 0 Å². The van der Waals surface area contributed by atoms with Crippen LogP contribution in [0.1, 0.15) is 5.56 Å². The van der Waals surface area contributed by atoms with Crippen molar-refractivity contribution in [3.63, 3.8) is 0 Å². The Morgan fingerprint density at radius 2 is 1.88 bits per heavy atom. The van der Waals surface area contributed by atoms with E-state index in [1.165, 1.54) is 0 Å². The number of para-hydroxylation sites is 2. The van der Waals surface area contributed by atoms with Crippen LogP contribution in [0, 0.1) is 0 Å². The van der Waals surface area contributed by atoms with Gasteiger partial charge in [-0.1, -0.05) is 24.3 Å². The Bertz CT molecular complexity index is 692. The Hall–Kier alpha value is -2.34. The van der Waals surface area contributed by atoms with Crippen molar-refractivity contribution < 1.29 is 14.3 Å². The van der Waals surface area contributed by atoms with E-state index in [0.717, 1.165) is 16.1 Å². The van der Waals surface area contributed by atoms with Gasteiger partial charge in [0.1, 0.15) is 0 Å². The van der Waals surface area contributed by atoms with Gasteiger partial charge >= 0.3 is 6.03 Å². The van der Waals surface area contributed by atoms with Crippen molar-refractivity contribution >= 4 is 23.5 Å². The second-order valence-corrected chi connectivity index (χ2v) is 5.83. The molecule has 6 heteroatoms. The average Bonchev–Trinajstić information content (AvgIpc) is 2.61. The first-order chi connectivity index (χ1) is 11.7. The minimum Gasteiger partial charge on any atom is -0.493 e. The predicted octanol–water partition coefficient (Wildman–Crippen LogP) is 3.79. The summed E-state index contributed by atoms with van der Waals surface area (Å²) in [6, 6.07) is 13.2. The van der Waals surface area contributed by atoms with Crippen LogP contribution in [0.3, 0.4) is 0 Å². The number of ether oxygens (including phenoxy) is 2. The SMILES string of the molecule is COc1cccc(CCNC(=O)Nc2ccccc2SC)c1OC. The monoisotopic (exact) mass is 346 g/mol. The first kappa shape index (κ1) is 18.0. The van der Waals surface area contributed by atoms with Crippen LogP contribution >= 0.6 is 11.8 Å². The molecule has 2 amide bonds. The van der Waals surface area contributed by atoms with Crippen LogP contribution in [0.25, 0.3) is 0 Å². The number of carbonyl (C=O) groups is 1. The lowest BCUT2D eigenvalue weighted by Gasteiger charge is -2.13. The average molecular weight is 346 g/mol. The Balaban J connectivity index is 1.91. The number of thioether (sulfide) groups is 1. The first-order valence-corrected chi connectivity index (χ1v) is 8.79. The van der Waals surface area contributed by atoms with E-state index in [0.29, 0.717) is 24.5 Å². The molecule has 0 fully saturated rings. The van der Waals surface area contributed by atoms with Crippen LogP contribution < -0.4 is 20.1 Å². The maximum Gasteiger partial charge on any atom is 0.319 e. The number of carbonyl (C=O) groups excluding carboxylic acids is 1. The van der Waals surface area contributed by atoms with Crippen molar-refractivity contribution in [3.05, 3.63) is 48.0 Å². The van der Waals surface area contributed by atoms with Gasteiger partial charge in [-0.3, -0.25) is 0 Å². The summed E-state index contributed by atoms with van der Waals surface area (Å²) < 4.78 is 10.7. The van der Waals surface area contributed by atoms with Crippen molar-refractivity contribution in [2.75, 3.05) is 32.3 Å². The van der Waals surface area contributed by atoms with Gasteiger partial charge in [-0.05, 0) is 36.4 Å². The fraction of sp³-hybridized carbons (Fsp3) is 0.278. The van der Waals surface area contributed by atoms with Crippen LogP contribution in [0.15, 0.2) is 47.4 Å². The smallest absolute Gasteiger partial charge is 0.319 e. The zero-order valence-electron chi connectivity index (χ0n) is 14.1. The van der Waals surface area contributed by atoms with Crippen molar-refractivity contribution in [3.8, 4) is 11.5 Å². The lowest BCUT2D eigenvalue weighted by atomic mass is 10.1. The largest absolute Gasteiger partial charge is 0.493 e. The molecule has 5 nitrogen and oxygen atoms in total. The van der Waals surface area contributed by atoms with Gasteiger partial charge in [-0.25, -0.2) is 4.79 Å². The normalized spacial score (nSPS) is 10.1. The number of amides is 2. The van der Waals surface area contributed by atoms with Crippen LogP contribution in [0.2, 0.25) is 0 Å². The van der Waals surface area contributed by atoms with Crippen LogP contribution in [0.5, 0.6) is 11.5 Å². The molecule has 0 heterocycles. The third-order valence-electron chi connectivity index (χ3n) is 3.52. The molecule has 0 aliphatic carbocycles. The molecule has 2 aromatic carbocycles. The van der Waals surface area contributed by atoms with Crippen molar-refractivity contribution in [2.24, 2.45) is 0 Å². The Kier molecular flexibility index (Phi) is 6.81. The fourth-order valence-corrected chi connectivity index (χ4v) is 2.93. The number of hydrogen-bond acceptors (Lipinski definition) is 4. The van der Waals surface area contributed by atoms with Crippen molar-refractivity contribution in [1.82, 2.24) is 5.32 Å². The molecule has 0 saturated carbocycles. The number of urea groups is 1. The third-order valence-corrected chi connectivity index (χ3v) is 4.32. The summed E-state index contributed by atoms with van der Waals surface area (Å²) in [6.07, 6.45) is 2.63. The highest BCUT2D eigenvalue weighted by molar-refractivity contribution is 7.98. The molecule has 0 unspecified atom stereocenters. The third kappa shape index (κ3) is 4.58. The molecule has 128 valence electrons. The standard InChI is InChI=1S/C18H22N2O3S/c1-22-15-9-6-7-13(17(15)23-2)11-12-19-18(21)20-14-8-4-5-10-16(14)24-3/h4-10H,11-12H2,1-3H3,(H2,19,20,21). The van der Waals surface area contributed by atoms with Gasteiger partial charge in [0.25, 0.3) is 0 Å². The molecule has 2 aromatic rings. The molecule has 2 rings (SSSR count). The highest BCUT2D eigenvalue weighted by atomic mass is 32.2. The quantitative estimate of drug-likeness (QED) is 0.749. The predicted molar refractivity (Wildman–Crippen MR) is 98.5 cm³/mol. The molecule has 0 aromatic heterocycles. The van der Waals surface area contributed by atoms with Crippen molar-refractivity contribution in [2.45, 2.75) is 11.3 Å². The maximum absolute atomic E-state index is 12.1. The van der Waals surface area contributed by atoms with E-state index in [9.17, 15) is 4.79 Å². The molecule has 0 spiro atoms. The van der Waals surface area contributed by atoms with Gasteiger partial charge in [0.15, 0.2) is 11.5 Å². The van der Waals surface area contributed by atoms with E-state index >= 15 is 0 Å². The van der Waals surface area contributed by atoms with Crippen molar-refractivity contribution in [1.29, 1.82) is 0 Å². The molecule has 0 aliphatic rings. The summed E-state index contributed by atoms with van der Waals surface area (Å²) in [5, 5.41) is 5.74. The summed E-state index contributed by atoms with van der Waals surface area (Å²) in [6.45, 7) is 0.497. The van der Waals surface area contributed by atoms with Gasteiger partial charge in [0, 0.05) is 11.4 Å². The van der Waals surface area contributed by atoms with E-state index in [1.807, 2.05) is 48.7 Å². The van der Waals surface area contributed by atoms with Gasteiger partial charge in [-0.2, -0.15) is 0 Å². The second-order valence-electron chi connectivity index (χ2n) is 4.98. The highest BCUT2D eigenvalue weighted by Gasteiger charge is 2.10. The molecule has 24 heavy (non-hydrogen) atoms. The summed E-state index contributed by atoms with van der Waals surface area (Å²) in [7, 11) is 3.22. The van der Waals surface area contributed by atoms with Gasteiger partial charge in [0.05, 0.1) is 19.9 Å². The summed E-state index contributed by atoms with van der Waals surface area (Å²) >= 11 is 1.59. The Morgan fingerprint density at radius 3 is 2.58 bits per heavy atom. The minimum atomic E-state index is -0.224. The number of anilines is 1. The first-order valence-electron chi connectivity index (χ1n) is 7.57. The van der Waals surface area contributed by atoms with E-state index in [-0.39, 0.29) is 6.03 Å². The van der Waals surface area contributed by atoms with Gasteiger partial charge < -0.3 is 20.1 Å². The zero-order chi connectivity index (χ0) is 17.4.